The molecule has 5 rings (SSSR count). The van der Waals surface area contributed by atoms with Gasteiger partial charge >= 0.3 is 0 Å². The Kier molecular flexibility index (Phi) is 3.66. The first-order valence-corrected chi connectivity index (χ1v) is 9.03. The molecule has 6 nitrogen and oxygen atoms in total. The third-order valence-electron chi connectivity index (χ3n) is 5.30. The molecule has 7 heteroatoms. The number of nitrogens with zero attached hydrogens (tertiary/aromatic N) is 3. The summed E-state index contributed by atoms with van der Waals surface area (Å²) >= 11 is 0. The predicted octanol–water partition coefficient (Wildman–Crippen LogP) is 3.76. The van der Waals surface area contributed by atoms with Crippen molar-refractivity contribution in [1.29, 1.82) is 5.26 Å². The molecule has 0 radical (unpaired) electrons. The van der Waals surface area contributed by atoms with Crippen LogP contribution in [0.1, 0.15) is 29.2 Å². The summed E-state index contributed by atoms with van der Waals surface area (Å²) in [6.07, 6.45) is 4.63. The standard InChI is InChI=1S/C21H16FN5O/c1-27-21(19-10-24-11-28-19)15-8-14(3-5-17(15)26-27)25-18-4-2-13-6-12(9-23)7-16(22)20(13)18/h3,5-8,10-11,18,25H,2,4H2,1H3/p+1/t18-/m1/s1. The number of aromatic amines is 1. The first-order valence-electron chi connectivity index (χ1n) is 9.03. The zero-order valence-corrected chi connectivity index (χ0v) is 15.2. The summed E-state index contributed by atoms with van der Waals surface area (Å²) in [5.41, 5.74) is 4.70. The highest BCUT2D eigenvalue weighted by Crippen LogP contribution is 2.37. The van der Waals surface area contributed by atoms with Gasteiger partial charge < -0.3 is 9.73 Å². The van der Waals surface area contributed by atoms with E-state index in [1.165, 1.54) is 12.5 Å². The zero-order valence-electron chi connectivity index (χ0n) is 15.2. The fourth-order valence-corrected chi connectivity index (χ4v) is 4.10. The van der Waals surface area contributed by atoms with Crippen molar-refractivity contribution in [3.8, 4) is 17.5 Å². The Morgan fingerprint density at radius 1 is 1.36 bits per heavy atom. The number of nitrogens with one attached hydrogen (secondary N) is 2. The van der Waals surface area contributed by atoms with Crippen molar-refractivity contribution in [2.24, 2.45) is 7.05 Å². The van der Waals surface area contributed by atoms with E-state index in [1.54, 1.807) is 12.3 Å². The third kappa shape index (κ3) is 2.54. The van der Waals surface area contributed by atoms with E-state index in [9.17, 15) is 4.39 Å². The maximum atomic E-state index is 14.6. The van der Waals surface area contributed by atoms with E-state index in [2.05, 4.69) is 15.4 Å². The largest absolute Gasteiger partial charge is 0.437 e. The Hall–Kier alpha value is -3.66. The molecule has 0 bridgehead atoms. The zero-order chi connectivity index (χ0) is 19.3. The second-order valence-corrected chi connectivity index (χ2v) is 7.02. The number of nitriles is 1. The molecule has 1 atom stereocenters. The van der Waals surface area contributed by atoms with Gasteiger partial charge in [-0.05, 0) is 48.7 Å². The van der Waals surface area contributed by atoms with Crippen LogP contribution in [-0.2, 0) is 13.5 Å². The van der Waals surface area contributed by atoms with E-state index in [0.717, 1.165) is 40.7 Å². The van der Waals surface area contributed by atoms with Gasteiger partial charge in [-0.3, -0.25) is 0 Å². The minimum absolute atomic E-state index is 0.124. The number of rotatable bonds is 3. The molecule has 4 aromatic rings. The van der Waals surface area contributed by atoms with Crippen molar-refractivity contribution in [1.82, 2.24) is 10.1 Å². The van der Waals surface area contributed by atoms with Crippen LogP contribution in [0.15, 0.2) is 47.3 Å². The summed E-state index contributed by atoms with van der Waals surface area (Å²) in [5.74, 6) is 0.354. The summed E-state index contributed by atoms with van der Waals surface area (Å²) in [6, 6.07) is 11.0. The van der Waals surface area contributed by atoms with E-state index in [4.69, 9.17) is 9.68 Å². The number of oxazole rings is 1. The topological polar surface area (TPSA) is 81.5 Å². The SMILES string of the molecule is C[n+]1[nH]c2ccc(N[C@@H]3CCc4cc(C#N)cc(F)c43)cc2c1-c1cnco1. The summed E-state index contributed by atoms with van der Waals surface area (Å²) in [7, 11) is 1.92. The van der Waals surface area contributed by atoms with Gasteiger partial charge in [-0.2, -0.15) is 10.4 Å². The van der Waals surface area contributed by atoms with E-state index in [1.807, 2.05) is 36.0 Å². The number of hydrogen-bond acceptors (Lipinski definition) is 4. The van der Waals surface area contributed by atoms with Crippen LogP contribution in [0.3, 0.4) is 0 Å². The molecule has 0 spiro atoms. The van der Waals surface area contributed by atoms with Crippen molar-refractivity contribution >= 4 is 16.6 Å². The highest BCUT2D eigenvalue weighted by atomic mass is 19.1. The van der Waals surface area contributed by atoms with Crippen molar-refractivity contribution in [3.63, 3.8) is 0 Å². The monoisotopic (exact) mass is 374 g/mol. The summed E-state index contributed by atoms with van der Waals surface area (Å²) in [4.78, 5) is 4.01. The van der Waals surface area contributed by atoms with Crippen molar-refractivity contribution < 1.29 is 13.5 Å². The highest BCUT2D eigenvalue weighted by molar-refractivity contribution is 5.92. The minimum atomic E-state index is -0.319. The molecule has 0 aliphatic heterocycles. The first kappa shape index (κ1) is 16.5. The molecule has 2 aromatic carbocycles. The molecular weight excluding hydrogens is 357 g/mol. The van der Waals surface area contributed by atoms with E-state index < -0.39 is 0 Å². The number of aryl methyl sites for hydroxylation is 2. The molecule has 0 unspecified atom stereocenters. The molecule has 0 saturated heterocycles. The van der Waals surface area contributed by atoms with Gasteiger partial charge in [0.15, 0.2) is 13.4 Å². The molecule has 0 fully saturated rings. The van der Waals surface area contributed by atoms with Gasteiger partial charge in [-0.15, -0.1) is 4.68 Å². The Morgan fingerprint density at radius 3 is 3.04 bits per heavy atom. The second kappa shape index (κ2) is 6.20. The number of aromatic nitrogens is 3. The van der Waals surface area contributed by atoms with Gasteiger partial charge in [-0.1, -0.05) is 0 Å². The van der Waals surface area contributed by atoms with Crippen LogP contribution in [0.5, 0.6) is 0 Å². The average Bonchev–Trinajstić information content (AvgIpc) is 3.40. The fourth-order valence-electron chi connectivity index (χ4n) is 4.10. The first-order chi connectivity index (χ1) is 13.6. The molecule has 2 heterocycles. The molecule has 2 aromatic heterocycles. The number of anilines is 1. The fraction of sp³-hybridized carbons (Fsp3) is 0.190. The van der Waals surface area contributed by atoms with Gasteiger partial charge in [0, 0.05) is 11.3 Å². The Balaban J connectivity index is 1.53. The van der Waals surface area contributed by atoms with Crippen LogP contribution < -0.4 is 10.00 Å². The Bertz CT molecular complexity index is 1240. The molecule has 0 amide bonds. The van der Waals surface area contributed by atoms with Gasteiger partial charge in [0.05, 0.1) is 29.3 Å². The van der Waals surface area contributed by atoms with Crippen LogP contribution in [0.4, 0.5) is 10.1 Å². The smallest absolute Gasteiger partial charge is 0.282 e. The number of hydrogen-bond donors (Lipinski definition) is 2. The molecule has 28 heavy (non-hydrogen) atoms. The summed E-state index contributed by atoms with van der Waals surface area (Å²) in [5, 5.41) is 16.8. The number of fused-ring (bicyclic) bond motifs is 2. The van der Waals surface area contributed by atoms with Gasteiger partial charge in [-0.25, -0.2) is 9.37 Å². The second-order valence-electron chi connectivity index (χ2n) is 7.02. The van der Waals surface area contributed by atoms with Crippen molar-refractivity contribution in [2.75, 3.05) is 5.32 Å². The average molecular weight is 374 g/mol. The van der Waals surface area contributed by atoms with Crippen LogP contribution in [0.25, 0.3) is 22.4 Å². The molecule has 1 aliphatic rings. The molecular formula is C21H17FN5O+. The van der Waals surface area contributed by atoms with Gasteiger partial charge in [0.1, 0.15) is 11.3 Å². The van der Waals surface area contributed by atoms with Gasteiger partial charge in [0.2, 0.25) is 5.76 Å². The van der Waals surface area contributed by atoms with Crippen LogP contribution in [0.2, 0.25) is 0 Å². The molecule has 2 N–H and O–H groups in total. The van der Waals surface area contributed by atoms with Crippen LogP contribution in [0, 0.1) is 17.1 Å². The van der Waals surface area contributed by atoms with Crippen molar-refractivity contribution in [3.05, 3.63) is 65.4 Å². The highest BCUT2D eigenvalue weighted by Gasteiger charge is 2.27. The quantitative estimate of drug-likeness (QED) is 0.535. The molecule has 0 saturated carbocycles. The van der Waals surface area contributed by atoms with Crippen LogP contribution >= 0.6 is 0 Å². The Labute approximate surface area is 160 Å². The number of benzene rings is 2. The minimum Gasteiger partial charge on any atom is -0.437 e. The van der Waals surface area contributed by atoms with Crippen LogP contribution in [-0.4, -0.2) is 10.1 Å². The predicted molar refractivity (Wildman–Crippen MR) is 101 cm³/mol. The lowest BCUT2D eigenvalue weighted by Gasteiger charge is -2.16. The number of H-pyrrole nitrogens is 1. The molecule has 1 aliphatic carbocycles. The normalized spacial score (nSPS) is 15.5. The van der Waals surface area contributed by atoms with Crippen molar-refractivity contribution in [2.45, 2.75) is 18.9 Å². The summed E-state index contributed by atoms with van der Waals surface area (Å²) < 4.78 is 21.9. The maximum absolute atomic E-state index is 14.6. The lowest BCUT2D eigenvalue weighted by atomic mass is 10.0. The number of halogens is 1. The van der Waals surface area contributed by atoms with E-state index >= 15 is 0 Å². The molecule has 138 valence electrons. The lowest BCUT2D eigenvalue weighted by molar-refractivity contribution is -0.714. The lowest BCUT2D eigenvalue weighted by Crippen LogP contribution is -2.31. The Morgan fingerprint density at radius 2 is 2.25 bits per heavy atom. The van der Waals surface area contributed by atoms with Gasteiger partial charge in [0.25, 0.3) is 5.69 Å². The van der Waals surface area contributed by atoms with E-state index in [0.29, 0.717) is 16.9 Å². The summed E-state index contributed by atoms with van der Waals surface area (Å²) in [6.45, 7) is 0. The third-order valence-corrected chi connectivity index (χ3v) is 5.30. The van der Waals surface area contributed by atoms with E-state index in [-0.39, 0.29) is 11.9 Å². The maximum Gasteiger partial charge on any atom is 0.282 e.